The van der Waals surface area contributed by atoms with Gasteiger partial charge in [0.15, 0.2) is 0 Å². The Labute approximate surface area is 97.8 Å². The van der Waals surface area contributed by atoms with Crippen LogP contribution < -0.4 is 5.32 Å². The van der Waals surface area contributed by atoms with Crippen molar-refractivity contribution < 1.29 is 4.79 Å². The molecule has 0 spiro atoms. The normalized spacial score (nSPS) is 20.3. The van der Waals surface area contributed by atoms with E-state index in [1.165, 1.54) is 12.8 Å². The fourth-order valence-electron chi connectivity index (χ4n) is 1.91. The third kappa shape index (κ3) is 2.87. The van der Waals surface area contributed by atoms with Gasteiger partial charge in [0.05, 0.1) is 5.54 Å². The molecule has 1 aliphatic rings. The van der Waals surface area contributed by atoms with Crippen LogP contribution in [0, 0.1) is 5.41 Å². The molecule has 1 N–H and O–H groups in total. The molecule has 3 heteroatoms. The number of halogens is 1. The van der Waals surface area contributed by atoms with Gasteiger partial charge in [-0.3, -0.25) is 4.79 Å². The average molecular weight is 232 g/mol. The van der Waals surface area contributed by atoms with Crippen LogP contribution in [0.4, 0.5) is 0 Å². The molecule has 0 aromatic carbocycles. The topological polar surface area (TPSA) is 29.1 Å². The van der Waals surface area contributed by atoms with Gasteiger partial charge < -0.3 is 5.32 Å². The van der Waals surface area contributed by atoms with E-state index in [1.807, 2.05) is 20.8 Å². The van der Waals surface area contributed by atoms with Crippen LogP contribution in [0.15, 0.2) is 0 Å². The van der Waals surface area contributed by atoms with Gasteiger partial charge in [-0.2, -0.15) is 0 Å². The highest BCUT2D eigenvalue weighted by Crippen LogP contribution is 2.32. The molecule has 0 aliphatic heterocycles. The first-order valence-corrected chi connectivity index (χ1v) is 6.38. The highest BCUT2D eigenvalue weighted by Gasteiger charge is 2.37. The SMILES string of the molecule is CCC(C)(C)C(=O)NC1(CCl)CCCC1. The fourth-order valence-corrected chi connectivity index (χ4v) is 2.25. The molecular weight excluding hydrogens is 210 g/mol. The van der Waals surface area contributed by atoms with Crippen molar-refractivity contribution in [2.45, 2.75) is 58.4 Å². The molecule has 0 heterocycles. The second kappa shape index (κ2) is 4.73. The van der Waals surface area contributed by atoms with Crippen LogP contribution in [0.25, 0.3) is 0 Å². The highest BCUT2D eigenvalue weighted by molar-refractivity contribution is 6.18. The smallest absolute Gasteiger partial charge is 0.226 e. The number of carbonyl (C=O) groups is 1. The number of carbonyl (C=O) groups excluding carboxylic acids is 1. The largest absolute Gasteiger partial charge is 0.349 e. The molecule has 0 unspecified atom stereocenters. The number of alkyl halides is 1. The second-order valence-electron chi connectivity index (χ2n) is 5.31. The van der Waals surface area contributed by atoms with Crippen molar-refractivity contribution in [3.8, 4) is 0 Å². The van der Waals surface area contributed by atoms with Gasteiger partial charge in [0.1, 0.15) is 0 Å². The summed E-state index contributed by atoms with van der Waals surface area (Å²) >= 11 is 5.99. The minimum atomic E-state index is -0.276. The molecule has 15 heavy (non-hydrogen) atoms. The predicted octanol–water partition coefficient (Wildman–Crippen LogP) is 3.09. The molecule has 0 bridgehead atoms. The Hall–Kier alpha value is -0.240. The number of nitrogens with one attached hydrogen (secondary N) is 1. The van der Waals surface area contributed by atoms with Gasteiger partial charge in [-0.1, -0.05) is 33.6 Å². The summed E-state index contributed by atoms with van der Waals surface area (Å²) in [4.78, 5) is 12.0. The molecule has 88 valence electrons. The molecule has 1 amide bonds. The monoisotopic (exact) mass is 231 g/mol. The van der Waals surface area contributed by atoms with Gasteiger partial charge in [0, 0.05) is 11.3 Å². The van der Waals surface area contributed by atoms with Gasteiger partial charge >= 0.3 is 0 Å². The second-order valence-corrected chi connectivity index (χ2v) is 5.58. The molecule has 1 fully saturated rings. The quantitative estimate of drug-likeness (QED) is 0.741. The van der Waals surface area contributed by atoms with Crippen LogP contribution in [-0.4, -0.2) is 17.3 Å². The zero-order valence-corrected chi connectivity index (χ0v) is 10.8. The Morgan fingerprint density at radius 1 is 1.40 bits per heavy atom. The molecule has 0 radical (unpaired) electrons. The Bertz CT molecular complexity index is 232. The van der Waals surface area contributed by atoms with E-state index in [1.54, 1.807) is 0 Å². The van der Waals surface area contributed by atoms with Crippen LogP contribution in [0.1, 0.15) is 52.9 Å². The van der Waals surface area contributed by atoms with Gasteiger partial charge in [0.2, 0.25) is 5.91 Å². The van der Waals surface area contributed by atoms with E-state index in [-0.39, 0.29) is 16.9 Å². The Balaban J connectivity index is 2.63. The number of hydrogen-bond donors (Lipinski definition) is 1. The molecule has 0 saturated heterocycles. The molecule has 0 atom stereocenters. The standard InChI is InChI=1S/C12H22ClNO/c1-4-11(2,3)10(15)14-12(9-13)7-5-6-8-12/h4-9H2,1-3H3,(H,14,15). The van der Waals surface area contributed by atoms with E-state index in [0.29, 0.717) is 5.88 Å². The zero-order valence-electron chi connectivity index (χ0n) is 10.0. The Kier molecular flexibility index (Phi) is 4.05. The maximum Gasteiger partial charge on any atom is 0.226 e. The summed E-state index contributed by atoms with van der Waals surface area (Å²) in [5.41, 5.74) is -0.396. The predicted molar refractivity (Wildman–Crippen MR) is 64.1 cm³/mol. The maximum atomic E-state index is 12.0. The number of rotatable bonds is 4. The molecule has 1 aliphatic carbocycles. The Morgan fingerprint density at radius 2 is 1.93 bits per heavy atom. The van der Waals surface area contributed by atoms with Crippen LogP contribution in [-0.2, 0) is 4.79 Å². The molecule has 1 rings (SSSR count). The molecule has 1 saturated carbocycles. The first-order valence-electron chi connectivity index (χ1n) is 5.84. The third-order valence-corrected chi connectivity index (χ3v) is 4.21. The van der Waals surface area contributed by atoms with Crippen molar-refractivity contribution in [2.75, 3.05) is 5.88 Å². The number of hydrogen-bond acceptors (Lipinski definition) is 1. The summed E-state index contributed by atoms with van der Waals surface area (Å²) in [6.45, 7) is 6.01. The molecular formula is C12H22ClNO. The Morgan fingerprint density at radius 3 is 2.33 bits per heavy atom. The van der Waals surface area contributed by atoms with Crippen molar-refractivity contribution in [3.05, 3.63) is 0 Å². The van der Waals surface area contributed by atoms with Crippen molar-refractivity contribution in [3.63, 3.8) is 0 Å². The van der Waals surface area contributed by atoms with Gasteiger partial charge in [-0.25, -0.2) is 0 Å². The first kappa shape index (κ1) is 12.8. The maximum absolute atomic E-state index is 12.0. The molecule has 0 aromatic heterocycles. The van der Waals surface area contributed by atoms with Gasteiger partial charge in [-0.15, -0.1) is 11.6 Å². The van der Waals surface area contributed by atoms with Crippen molar-refractivity contribution >= 4 is 17.5 Å². The summed E-state index contributed by atoms with van der Waals surface area (Å²) < 4.78 is 0. The lowest BCUT2D eigenvalue weighted by Crippen LogP contribution is -2.52. The van der Waals surface area contributed by atoms with Crippen LogP contribution in [0.5, 0.6) is 0 Å². The summed E-state index contributed by atoms with van der Waals surface area (Å²) in [6.07, 6.45) is 5.28. The van der Waals surface area contributed by atoms with E-state index in [9.17, 15) is 4.79 Å². The zero-order chi connectivity index (χ0) is 11.5. The minimum absolute atomic E-state index is 0.120. The van der Waals surface area contributed by atoms with Crippen molar-refractivity contribution in [2.24, 2.45) is 5.41 Å². The van der Waals surface area contributed by atoms with Crippen molar-refractivity contribution in [1.82, 2.24) is 5.32 Å². The first-order chi connectivity index (χ1) is 6.96. The third-order valence-electron chi connectivity index (χ3n) is 3.69. The van der Waals surface area contributed by atoms with E-state index < -0.39 is 0 Å². The van der Waals surface area contributed by atoms with Gasteiger partial charge in [-0.05, 0) is 19.3 Å². The lowest BCUT2D eigenvalue weighted by atomic mass is 9.87. The lowest BCUT2D eigenvalue weighted by molar-refractivity contribution is -0.131. The summed E-state index contributed by atoms with van der Waals surface area (Å²) in [6, 6.07) is 0. The fraction of sp³-hybridized carbons (Fsp3) is 0.917. The van der Waals surface area contributed by atoms with Crippen LogP contribution in [0.3, 0.4) is 0 Å². The van der Waals surface area contributed by atoms with Crippen LogP contribution >= 0.6 is 11.6 Å². The average Bonchev–Trinajstić information content (AvgIpc) is 2.67. The van der Waals surface area contributed by atoms with Crippen molar-refractivity contribution in [1.29, 1.82) is 0 Å². The number of amides is 1. The van der Waals surface area contributed by atoms with Gasteiger partial charge in [0.25, 0.3) is 0 Å². The lowest BCUT2D eigenvalue weighted by Gasteiger charge is -2.32. The highest BCUT2D eigenvalue weighted by atomic mass is 35.5. The van der Waals surface area contributed by atoms with E-state index in [4.69, 9.17) is 11.6 Å². The van der Waals surface area contributed by atoms with E-state index in [2.05, 4.69) is 5.32 Å². The summed E-state index contributed by atoms with van der Waals surface area (Å²) in [7, 11) is 0. The summed E-state index contributed by atoms with van der Waals surface area (Å²) in [5, 5.41) is 3.16. The summed E-state index contributed by atoms with van der Waals surface area (Å²) in [5.74, 6) is 0.686. The van der Waals surface area contributed by atoms with E-state index >= 15 is 0 Å². The minimum Gasteiger partial charge on any atom is -0.349 e. The molecule has 2 nitrogen and oxygen atoms in total. The van der Waals surface area contributed by atoms with Crippen LogP contribution in [0.2, 0.25) is 0 Å². The van der Waals surface area contributed by atoms with E-state index in [0.717, 1.165) is 19.3 Å². The molecule has 0 aromatic rings.